The van der Waals surface area contributed by atoms with Crippen molar-refractivity contribution in [3.8, 4) is 0 Å². The van der Waals surface area contributed by atoms with Gasteiger partial charge in [-0.3, -0.25) is 0 Å². The summed E-state index contributed by atoms with van der Waals surface area (Å²) in [5.74, 6) is 0.317. The fraction of sp³-hybridized carbons (Fsp3) is 0.571. The van der Waals surface area contributed by atoms with Gasteiger partial charge in [-0.15, -0.1) is 0 Å². The molecular weight excluding hydrogens is 253 g/mol. The lowest BCUT2D eigenvalue weighted by Crippen LogP contribution is -2.35. The second-order valence-electron chi connectivity index (χ2n) is 5.07. The maximum absolute atomic E-state index is 12.7. The average Bonchev–Trinajstić information content (AvgIpc) is 2.40. The third-order valence-corrected chi connectivity index (χ3v) is 3.80. The number of nitrogens with two attached hydrogens (primary N) is 1. The highest BCUT2D eigenvalue weighted by atomic mass is 19.4. The van der Waals surface area contributed by atoms with Gasteiger partial charge in [0.15, 0.2) is 0 Å². The van der Waals surface area contributed by atoms with Crippen LogP contribution in [0.3, 0.4) is 0 Å². The Hall–Kier alpha value is -1.07. The molecule has 0 bridgehead atoms. The lowest BCUT2D eigenvalue weighted by atomic mass is 9.81. The molecule has 1 fully saturated rings. The number of nitrogens with one attached hydrogen (secondary N) is 1. The molecule has 0 spiro atoms. The van der Waals surface area contributed by atoms with Gasteiger partial charge in [-0.1, -0.05) is 18.2 Å². The predicted molar refractivity (Wildman–Crippen MR) is 68.8 cm³/mol. The number of benzene rings is 1. The summed E-state index contributed by atoms with van der Waals surface area (Å²) in [5, 5.41) is 3.29. The minimum absolute atomic E-state index is 0.00454. The number of rotatable bonds is 3. The molecule has 1 heterocycles. The van der Waals surface area contributed by atoms with Crippen molar-refractivity contribution in [2.24, 2.45) is 11.7 Å². The first-order valence-corrected chi connectivity index (χ1v) is 6.60. The first-order chi connectivity index (χ1) is 9.02. The first-order valence-electron chi connectivity index (χ1n) is 6.60. The van der Waals surface area contributed by atoms with Gasteiger partial charge in [0.2, 0.25) is 0 Å². The summed E-state index contributed by atoms with van der Waals surface area (Å²) in [6.45, 7) is 2.20. The van der Waals surface area contributed by atoms with Crippen molar-refractivity contribution in [1.82, 2.24) is 5.32 Å². The van der Waals surface area contributed by atoms with Crippen LogP contribution in [0.15, 0.2) is 24.3 Å². The molecule has 1 aliphatic rings. The van der Waals surface area contributed by atoms with Crippen LogP contribution in [0.2, 0.25) is 0 Å². The molecule has 0 aliphatic carbocycles. The van der Waals surface area contributed by atoms with Gasteiger partial charge in [0.25, 0.3) is 0 Å². The van der Waals surface area contributed by atoms with Crippen molar-refractivity contribution in [2.75, 3.05) is 19.6 Å². The van der Waals surface area contributed by atoms with Crippen LogP contribution < -0.4 is 11.1 Å². The fourth-order valence-corrected chi connectivity index (χ4v) is 2.77. The zero-order valence-electron chi connectivity index (χ0n) is 10.7. The largest absolute Gasteiger partial charge is 0.416 e. The minimum atomic E-state index is -4.29. The predicted octanol–water partition coefficient (Wildman–Crippen LogP) is 2.75. The quantitative estimate of drug-likeness (QED) is 0.888. The Morgan fingerprint density at radius 1 is 1.37 bits per heavy atom. The number of halogens is 3. The topological polar surface area (TPSA) is 38.0 Å². The van der Waals surface area contributed by atoms with E-state index >= 15 is 0 Å². The Kier molecular flexibility index (Phi) is 4.47. The van der Waals surface area contributed by atoms with Gasteiger partial charge in [-0.05, 0) is 50.0 Å². The molecule has 5 heteroatoms. The Bertz CT molecular complexity index is 411. The summed E-state index contributed by atoms with van der Waals surface area (Å²) in [5.41, 5.74) is 5.90. The molecule has 1 saturated heterocycles. The van der Waals surface area contributed by atoms with E-state index in [9.17, 15) is 13.2 Å². The average molecular weight is 272 g/mol. The van der Waals surface area contributed by atoms with E-state index < -0.39 is 11.7 Å². The highest BCUT2D eigenvalue weighted by molar-refractivity contribution is 5.29. The standard InChI is InChI=1S/C14H19F3N2/c15-14(16,17)12-5-1-3-10(7-12)13(8-18)11-4-2-6-19-9-11/h1,3,5,7,11,13,19H,2,4,6,8-9,18H2. The molecule has 19 heavy (non-hydrogen) atoms. The van der Waals surface area contributed by atoms with Gasteiger partial charge in [0, 0.05) is 5.92 Å². The van der Waals surface area contributed by atoms with Crippen LogP contribution in [-0.2, 0) is 6.18 Å². The summed E-state index contributed by atoms with van der Waals surface area (Å²) in [4.78, 5) is 0. The van der Waals surface area contributed by atoms with Crippen molar-refractivity contribution < 1.29 is 13.2 Å². The Morgan fingerprint density at radius 3 is 2.74 bits per heavy atom. The van der Waals surface area contributed by atoms with E-state index in [1.54, 1.807) is 6.07 Å². The summed E-state index contributed by atoms with van der Waals surface area (Å²) in [7, 11) is 0. The van der Waals surface area contributed by atoms with E-state index in [0.717, 1.165) is 32.0 Å². The van der Waals surface area contributed by atoms with E-state index in [-0.39, 0.29) is 5.92 Å². The second-order valence-corrected chi connectivity index (χ2v) is 5.07. The normalized spacial score (nSPS) is 22.2. The van der Waals surface area contributed by atoms with Gasteiger partial charge in [-0.2, -0.15) is 13.2 Å². The molecule has 2 atom stereocenters. The van der Waals surface area contributed by atoms with Crippen LogP contribution >= 0.6 is 0 Å². The fourth-order valence-electron chi connectivity index (χ4n) is 2.77. The van der Waals surface area contributed by atoms with Crippen LogP contribution in [0.4, 0.5) is 13.2 Å². The van der Waals surface area contributed by atoms with Gasteiger partial charge in [-0.25, -0.2) is 0 Å². The zero-order chi connectivity index (χ0) is 13.9. The van der Waals surface area contributed by atoms with Crippen molar-refractivity contribution in [3.63, 3.8) is 0 Å². The SMILES string of the molecule is NCC(c1cccc(C(F)(F)F)c1)C1CCCNC1. The van der Waals surface area contributed by atoms with Crippen LogP contribution in [0, 0.1) is 5.92 Å². The molecule has 2 nitrogen and oxygen atoms in total. The van der Waals surface area contributed by atoms with Crippen molar-refractivity contribution in [3.05, 3.63) is 35.4 Å². The van der Waals surface area contributed by atoms with E-state index in [1.807, 2.05) is 0 Å². The van der Waals surface area contributed by atoms with Crippen molar-refractivity contribution in [2.45, 2.75) is 24.9 Å². The Balaban J connectivity index is 2.22. The van der Waals surface area contributed by atoms with E-state index in [1.165, 1.54) is 12.1 Å². The van der Waals surface area contributed by atoms with Crippen LogP contribution in [0.1, 0.15) is 29.9 Å². The number of piperidine rings is 1. The van der Waals surface area contributed by atoms with Crippen molar-refractivity contribution >= 4 is 0 Å². The summed E-state index contributed by atoms with van der Waals surface area (Å²) in [6, 6.07) is 5.57. The second kappa shape index (κ2) is 5.92. The molecule has 0 aromatic heterocycles. The van der Waals surface area contributed by atoms with E-state index in [4.69, 9.17) is 5.73 Å². The summed E-state index contributed by atoms with van der Waals surface area (Å²) >= 11 is 0. The van der Waals surface area contributed by atoms with Gasteiger partial charge in [0.05, 0.1) is 5.56 Å². The highest BCUT2D eigenvalue weighted by Gasteiger charge is 2.32. The molecule has 0 saturated carbocycles. The molecule has 3 N–H and O–H groups in total. The lowest BCUT2D eigenvalue weighted by Gasteiger charge is -2.30. The monoisotopic (exact) mass is 272 g/mol. The Morgan fingerprint density at radius 2 is 2.16 bits per heavy atom. The maximum Gasteiger partial charge on any atom is 0.416 e. The minimum Gasteiger partial charge on any atom is -0.330 e. The summed E-state index contributed by atoms with van der Waals surface area (Å²) < 4.78 is 38.2. The zero-order valence-corrected chi connectivity index (χ0v) is 10.7. The molecular formula is C14H19F3N2. The number of hydrogen-bond donors (Lipinski definition) is 2. The molecule has 1 aromatic carbocycles. The maximum atomic E-state index is 12.7. The highest BCUT2D eigenvalue weighted by Crippen LogP contribution is 2.34. The number of hydrogen-bond acceptors (Lipinski definition) is 2. The van der Waals surface area contributed by atoms with Crippen LogP contribution in [0.5, 0.6) is 0 Å². The Labute approximate surface area is 111 Å². The smallest absolute Gasteiger partial charge is 0.330 e. The molecule has 1 aliphatic heterocycles. The molecule has 0 radical (unpaired) electrons. The third-order valence-electron chi connectivity index (χ3n) is 3.80. The van der Waals surface area contributed by atoms with Crippen LogP contribution in [-0.4, -0.2) is 19.6 Å². The van der Waals surface area contributed by atoms with Crippen LogP contribution in [0.25, 0.3) is 0 Å². The molecule has 0 amide bonds. The molecule has 1 aromatic rings. The first kappa shape index (κ1) is 14.3. The van der Waals surface area contributed by atoms with E-state index in [2.05, 4.69) is 5.32 Å². The molecule has 106 valence electrons. The summed E-state index contributed by atoms with van der Waals surface area (Å²) in [6.07, 6.45) is -2.22. The lowest BCUT2D eigenvalue weighted by molar-refractivity contribution is -0.137. The molecule has 2 rings (SSSR count). The third kappa shape index (κ3) is 3.48. The number of alkyl halides is 3. The van der Waals surface area contributed by atoms with Gasteiger partial charge < -0.3 is 11.1 Å². The van der Waals surface area contributed by atoms with Gasteiger partial charge in [0.1, 0.15) is 0 Å². The van der Waals surface area contributed by atoms with Gasteiger partial charge >= 0.3 is 6.18 Å². The van der Waals surface area contributed by atoms with Crippen molar-refractivity contribution in [1.29, 1.82) is 0 Å². The van der Waals surface area contributed by atoms with E-state index in [0.29, 0.717) is 18.0 Å². The molecule has 2 unspecified atom stereocenters.